The summed E-state index contributed by atoms with van der Waals surface area (Å²) >= 11 is 0. The van der Waals surface area contributed by atoms with Gasteiger partial charge in [0.25, 0.3) is 11.8 Å². The van der Waals surface area contributed by atoms with Crippen molar-refractivity contribution in [2.24, 2.45) is 5.73 Å². The summed E-state index contributed by atoms with van der Waals surface area (Å²) in [7, 11) is 0. The van der Waals surface area contributed by atoms with Gasteiger partial charge in [-0.05, 0) is 31.5 Å². The summed E-state index contributed by atoms with van der Waals surface area (Å²) in [5, 5.41) is 4.08. The minimum atomic E-state index is -0.588. The second-order valence-electron chi connectivity index (χ2n) is 6.13. The quantitative estimate of drug-likeness (QED) is 0.819. The van der Waals surface area contributed by atoms with Crippen LogP contribution in [0.1, 0.15) is 47.4 Å². The number of carbonyl (C=O) groups is 3. The molecule has 0 aromatic heterocycles. The lowest BCUT2D eigenvalue weighted by Crippen LogP contribution is -2.40. The molecular weight excluding hydrogens is 318 g/mol. The molecule has 1 heterocycles. The number of rotatable bonds is 5. The molecule has 130 valence electrons. The zero-order valence-electron chi connectivity index (χ0n) is 14.3. The maximum Gasteiger partial charge on any atom is 0.261 e. The summed E-state index contributed by atoms with van der Waals surface area (Å²) in [5.74, 6) is -0.889. The van der Waals surface area contributed by atoms with Crippen LogP contribution in [0.15, 0.2) is 30.3 Å². The summed E-state index contributed by atoms with van der Waals surface area (Å²) < 4.78 is 0. The molecule has 3 N–H and O–H groups in total. The number of nitrogens with two attached hydrogens (primary N) is 1. The molecule has 0 saturated heterocycles. The Kier molecular flexibility index (Phi) is 4.55. The SMILES string of the molecule is CCCC(N)C(=O)Nc1ccc2c3c(cccc13)C(=O)N(CC)C2=O. The molecular formula is C19H21N3O3. The first-order valence-electron chi connectivity index (χ1n) is 8.47. The van der Waals surface area contributed by atoms with E-state index < -0.39 is 6.04 Å². The van der Waals surface area contributed by atoms with Crippen molar-refractivity contribution in [1.82, 2.24) is 4.90 Å². The summed E-state index contributed by atoms with van der Waals surface area (Å²) in [6, 6.07) is 8.02. The van der Waals surface area contributed by atoms with Gasteiger partial charge in [0.15, 0.2) is 0 Å². The fraction of sp³-hybridized carbons (Fsp3) is 0.316. The molecule has 25 heavy (non-hydrogen) atoms. The Hall–Kier alpha value is -2.73. The molecule has 1 atom stereocenters. The number of imide groups is 1. The van der Waals surface area contributed by atoms with Crippen molar-refractivity contribution in [3.8, 4) is 0 Å². The van der Waals surface area contributed by atoms with Crippen LogP contribution in [0.2, 0.25) is 0 Å². The Bertz CT molecular complexity index is 853. The van der Waals surface area contributed by atoms with Gasteiger partial charge in [0.05, 0.1) is 6.04 Å². The number of hydrogen-bond donors (Lipinski definition) is 2. The van der Waals surface area contributed by atoms with Crippen LogP contribution in [-0.2, 0) is 4.79 Å². The smallest absolute Gasteiger partial charge is 0.261 e. The van der Waals surface area contributed by atoms with Gasteiger partial charge in [-0.3, -0.25) is 19.3 Å². The van der Waals surface area contributed by atoms with Crippen LogP contribution in [0.3, 0.4) is 0 Å². The summed E-state index contributed by atoms with van der Waals surface area (Å²) in [6.07, 6.45) is 1.41. The molecule has 1 aliphatic heterocycles. The van der Waals surface area contributed by atoms with Gasteiger partial charge in [0.2, 0.25) is 5.91 Å². The van der Waals surface area contributed by atoms with E-state index in [1.165, 1.54) is 4.90 Å². The largest absolute Gasteiger partial charge is 0.324 e. The van der Waals surface area contributed by atoms with Crippen LogP contribution in [0, 0.1) is 0 Å². The average molecular weight is 339 g/mol. The third-order valence-corrected chi connectivity index (χ3v) is 4.50. The van der Waals surface area contributed by atoms with Crippen molar-refractivity contribution in [3.63, 3.8) is 0 Å². The third-order valence-electron chi connectivity index (χ3n) is 4.50. The van der Waals surface area contributed by atoms with Crippen molar-refractivity contribution in [1.29, 1.82) is 0 Å². The number of hydrogen-bond acceptors (Lipinski definition) is 4. The standard InChI is InChI=1S/C19H21N3O3/c1-3-6-14(20)17(23)21-15-10-9-13-16-11(15)7-5-8-12(16)18(24)22(4-2)19(13)25/h5,7-10,14H,3-4,6,20H2,1-2H3,(H,21,23). The fourth-order valence-electron chi connectivity index (χ4n) is 3.21. The van der Waals surface area contributed by atoms with Crippen molar-refractivity contribution in [2.75, 3.05) is 11.9 Å². The summed E-state index contributed by atoms with van der Waals surface area (Å²) in [5.41, 5.74) is 7.38. The first-order chi connectivity index (χ1) is 12.0. The van der Waals surface area contributed by atoms with Gasteiger partial charge in [-0.2, -0.15) is 0 Å². The highest BCUT2D eigenvalue weighted by molar-refractivity contribution is 6.27. The Morgan fingerprint density at radius 2 is 1.80 bits per heavy atom. The summed E-state index contributed by atoms with van der Waals surface area (Å²) in [4.78, 5) is 38.6. The number of nitrogens with one attached hydrogen (secondary N) is 1. The third kappa shape index (κ3) is 2.78. The normalized spacial score (nSPS) is 14.8. The van der Waals surface area contributed by atoms with Gasteiger partial charge in [-0.25, -0.2) is 0 Å². The molecule has 0 saturated carbocycles. The highest BCUT2D eigenvalue weighted by Gasteiger charge is 2.32. The first-order valence-corrected chi connectivity index (χ1v) is 8.47. The van der Waals surface area contributed by atoms with Gasteiger partial charge in [-0.15, -0.1) is 0 Å². The molecule has 0 bridgehead atoms. The summed E-state index contributed by atoms with van der Waals surface area (Å²) in [6.45, 7) is 4.05. The molecule has 1 unspecified atom stereocenters. The molecule has 6 heteroatoms. The lowest BCUT2D eigenvalue weighted by molar-refractivity contribution is -0.117. The van der Waals surface area contributed by atoms with Crippen LogP contribution < -0.4 is 11.1 Å². The van der Waals surface area contributed by atoms with E-state index in [1.54, 1.807) is 37.3 Å². The fourth-order valence-corrected chi connectivity index (χ4v) is 3.21. The van der Waals surface area contributed by atoms with E-state index in [1.807, 2.05) is 6.92 Å². The van der Waals surface area contributed by atoms with E-state index in [0.717, 1.165) is 6.42 Å². The predicted octanol–water partition coefficient (Wildman–Crippen LogP) is 2.52. The molecule has 1 aliphatic rings. The van der Waals surface area contributed by atoms with E-state index in [0.29, 0.717) is 40.6 Å². The number of carbonyl (C=O) groups excluding carboxylic acids is 3. The molecule has 2 aromatic carbocycles. The van der Waals surface area contributed by atoms with E-state index in [2.05, 4.69) is 5.32 Å². The zero-order chi connectivity index (χ0) is 18.1. The zero-order valence-corrected chi connectivity index (χ0v) is 14.3. The second-order valence-corrected chi connectivity index (χ2v) is 6.13. The van der Waals surface area contributed by atoms with E-state index in [-0.39, 0.29) is 17.7 Å². The highest BCUT2D eigenvalue weighted by Crippen LogP contribution is 2.34. The Labute approximate surface area is 146 Å². The first kappa shape index (κ1) is 17.1. The van der Waals surface area contributed by atoms with Gasteiger partial charge < -0.3 is 11.1 Å². The van der Waals surface area contributed by atoms with Crippen molar-refractivity contribution in [2.45, 2.75) is 32.7 Å². The molecule has 2 aromatic rings. The van der Waals surface area contributed by atoms with Crippen molar-refractivity contribution < 1.29 is 14.4 Å². The van der Waals surface area contributed by atoms with Crippen LogP contribution >= 0.6 is 0 Å². The molecule has 0 fully saturated rings. The van der Waals surface area contributed by atoms with Crippen LogP contribution in [0.4, 0.5) is 5.69 Å². The number of anilines is 1. The van der Waals surface area contributed by atoms with Crippen LogP contribution in [0.5, 0.6) is 0 Å². The highest BCUT2D eigenvalue weighted by atomic mass is 16.2. The Morgan fingerprint density at radius 3 is 2.44 bits per heavy atom. The monoisotopic (exact) mass is 339 g/mol. The molecule has 0 radical (unpaired) electrons. The van der Waals surface area contributed by atoms with Crippen LogP contribution in [-0.4, -0.2) is 35.2 Å². The number of benzene rings is 2. The minimum Gasteiger partial charge on any atom is -0.324 e. The van der Waals surface area contributed by atoms with Gasteiger partial charge in [0.1, 0.15) is 0 Å². The lowest BCUT2D eigenvalue weighted by atomic mass is 9.93. The van der Waals surface area contributed by atoms with Gasteiger partial charge >= 0.3 is 0 Å². The minimum absolute atomic E-state index is 0.272. The molecule has 0 aliphatic carbocycles. The molecule has 0 spiro atoms. The van der Waals surface area contributed by atoms with Crippen molar-refractivity contribution >= 4 is 34.2 Å². The van der Waals surface area contributed by atoms with Crippen LogP contribution in [0.25, 0.3) is 10.8 Å². The average Bonchev–Trinajstić information content (AvgIpc) is 2.61. The predicted molar refractivity (Wildman–Crippen MR) is 96.5 cm³/mol. The lowest BCUT2D eigenvalue weighted by Gasteiger charge is -2.26. The molecule has 6 nitrogen and oxygen atoms in total. The molecule has 3 rings (SSSR count). The topological polar surface area (TPSA) is 92.5 Å². The van der Waals surface area contributed by atoms with Gasteiger partial charge in [0, 0.05) is 34.1 Å². The molecule has 3 amide bonds. The van der Waals surface area contributed by atoms with Gasteiger partial charge in [-0.1, -0.05) is 25.5 Å². The van der Waals surface area contributed by atoms with E-state index in [4.69, 9.17) is 5.73 Å². The Balaban J connectivity index is 2.10. The maximum absolute atomic E-state index is 12.6. The van der Waals surface area contributed by atoms with E-state index >= 15 is 0 Å². The number of amides is 3. The van der Waals surface area contributed by atoms with E-state index in [9.17, 15) is 14.4 Å². The maximum atomic E-state index is 12.6. The number of nitrogens with zero attached hydrogens (tertiary/aromatic N) is 1. The second kappa shape index (κ2) is 6.64. The Morgan fingerprint density at radius 1 is 1.12 bits per heavy atom. The van der Waals surface area contributed by atoms with Crippen molar-refractivity contribution in [3.05, 3.63) is 41.5 Å².